The van der Waals surface area contributed by atoms with Gasteiger partial charge in [-0.05, 0) is 66.6 Å². The highest BCUT2D eigenvalue weighted by atomic mass is 79.9. The topological polar surface area (TPSA) is 41.9 Å². The normalized spacial score (nSPS) is 10.7. The summed E-state index contributed by atoms with van der Waals surface area (Å²) in [5, 5.41) is 12.4. The molecule has 0 radical (unpaired) electrons. The predicted octanol–water partition coefficient (Wildman–Crippen LogP) is 4.95. The van der Waals surface area contributed by atoms with Gasteiger partial charge in [0.05, 0.1) is 10.2 Å². The van der Waals surface area contributed by atoms with Crippen LogP contribution < -0.4 is 10.6 Å². The van der Waals surface area contributed by atoms with E-state index in [4.69, 9.17) is 35.4 Å². The van der Waals surface area contributed by atoms with Crippen molar-refractivity contribution < 1.29 is 0 Å². The molecule has 8 heteroatoms. The van der Waals surface area contributed by atoms with Crippen LogP contribution in [0.25, 0.3) is 0 Å². The largest absolute Gasteiger partial charge is 0.362 e. The molecule has 1 aromatic carbocycles. The smallest absolute Gasteiger partial charge is 0.170 e. The second-order valence-corrected chi connectivity index (χ2v) is 7.17. The molecule has 1 aromatic heterocycles. The molecule has 1 heterocycles. The number of nitrogens with one attached hydrogen (secondary N) is 2. The van der Waals surface area contributed by atoms with Gasteiger partial charge < -0.3 is 10.6 Å². The summed E-state index contributed by atoms with van der Waals surface area (Å²) in [6, 6.07) is 5.22. The van der Waals surface area contributed by atoms with Crippen LogP contribution in [0.3, 0.4) is 0 Å². The summed E-state index contributed by atoms with van der Waals surface area (Å²) in [6.45, 7) is 5.61. The molecule has 0 unspecified atom stereocenters. The van der Waals surface area contributed by atoms with Gasteiger partial charge in [0.15, 0.2) is 5.11 Å². The van der Waals surface area contributed by atoms with Gasteiger partial charge in [0.25, 0.3) is 0 Å². The molecular formula is C15H17BrCl2N4S. The highest BCUT2D eigenvalue weighted by molar-refractivity contribution is 9.10. The van der Waals surface area contributed by atoms with Crippen LogP contribution in [0.15, 0.2) is 22.7 Å². The molecule has 2 rings (SSSR count). The van der Waals surface area contributed by atoms with E-state index in [1.165, 1.54) is 0 Å². The van der Waals surface area contributed by atoms with Crippen molar-refractivity contribution in [3.8, 4) is 0 Å². The van der Waals surface area contributed by atoms with Gasteiger partial charge in [0.1, 0.15) is 0 Å². The molecule has 0 saturated carbocycles. The lowest BCUT2D eigenvalue weighted by Crippen LogP contribution is -2.29. The van der Waals surface area contributed by atoms with Gasteiger partial charge in [0, 0.05) is 34.5 Å². The number of aromatic nitrogens is 2. The fourth-order valence-electron chi connectivity index (χ4n) is 2.12. The van der Waals surface area contributed by atoms with E-state index in [9.17, 15) is 0 Å². The Labute approximate surface area is 159 Å². The summed E-state index contributed by atoms with van der Waals surface area (Å²) in [5.74, 6) is 0. The zero-order chi connectivity index (χ0) is 17.0. The van der Waals surface area contributed by atoms with E-state index < -0.39 is 0 Å². The molecule has 0 fully saturated rings. The molecule has 0 aliphatic rings. The molecule has 2 N–H and O–H groups in total. The van der Waals surface area contributed by atoms with Gasteiger partial charge in [-0.15, -0.1) is 0 Å². The van der Waals surface area contributed by atoms with E-state index in [2.05, 4.69) is 31.7 Å². The summed E-state index contributed by atoms with van der Waals surface area (Å²) in [6.07, 6.45) is 0.909. The number of anilines is 1. The second-order valence-electron chi connectivity index (χ2n) is 5.10. The molecule has 0 bridgehead atoms. The fourth-order valence-corrected chi connectivity index (χ4v) is 3.15. The van der Waals surface area contributed by atoms with Crippen molar-refractivity contribution in [3.05, 3.63) is 44.1 Å². The monoisotopic (exact) mass is 434 g/mol. The van der Waals surface area contributed by atoms with E-state index in [1.807, 2.05) is 18.5 Å². The van der Waals surface area contributed by atoms with Crippen molar-refractivity contribution in [3.63, 3.8) is 0 Å². The lowest BCUT2D eigenvalue weighted by atomic mass is 10.3. The Balaban J connectivity index is 1.77. The van der Waals surface area contributed by atoms with Crippen LogP contribution in [0.1, 0.15) is 17.8 Å². The Bertz CT molecular complexity index is 697. The summed E-state index contributed by atoms with van der Waals surface area (Å²) < 4.78 is 3.06. The minimum Gasteiger partial charge on any atom is -0.362 e. The number of hydrogen-bond acceptors (Lipinski definition) is 2. The fraction of sp³-hybridized carbons (Fsp3) is 0.333. The quantitative estimate of drug-likeness (QED) is 0.515. The first-order valence-corrected chi connectivity index (χ1v) is 9.03. The van der Waals surface area contributed by atoms with Gasteiger partial charge in [-0.2, -0.15) is 5.10 Å². The van der Waals surface area contributed by atoms with Crippen LogP contribution in [0.2, 0.25) is 10.0 Å². The highest BCUT2D eigenvalue weighted by Gasteiger charge is 2.08. The number of thiocarbonyl (C=S) groups is 1. The molecule has 0 amide bonds. The van der Waals surface area contributed by atoms with Crippen molar-refractivity contribution in [2.75, 3.05) is 11.9 Å². The van der Waals surface area contributed by atoms with Crippen molar-refractivity contribution in [1.29, 1.82) is 0 Å². The third-order valence-corrected chi connectivity index (χ3v) is 5.08. The maximum absolute atomic E-state index is 5.96. The number of nitrogens with zero attached hydrogens (tertiary/aromatic N) is 2. The molecular weight excluding hydrogens is 419 g/mol. The van der Waals surface area contributed by atoms with E-state index in [1.54, 1.807) is 18.2 Å². The van der Waals surface area contributed by atoms with Crippen LogP contribution >= 0.6 is 51.3 Å². The SMILES string of the molecule is Cc1nn(CCCNC(=S)Nc2cc(Cl)cc(Cl)c2)c(C)c1Br. The zero-order valence-electron chi connectivity index (χ0n) is 12.8. The lowest BCUT2D eigenvalue weighted by Gasteiger charge is -2.11. The maximum atomic E-state index is 5.96. The average Bonchev–Trinajstić information content (AvgIpc) is 2.70. The standard InChI is InChI=1S/C15H17BrCl2N4S/c1-9-14(16)10(2)22(21-9)5-3-4-19-15(23)20-13-7-11(17)6-12(18)8-13/h6-8H,3-5H2,1-2H3,(H2,19,20,23). The average molecular weight is 436 g/mol. The number of hydrogen-bond donors (Lipinski definition) is 2. The highest BCUT2D eigenvalue weighted by Crippen LogP contribution is 2.22. The second kappa shape index (κ2) is 8.33. The Morgan fingerprint density at radius 3 is 2.48 bits per heavy atom. The summed E-state index contributed by atoms with van der Waals surface area (Å²) in [4.78, 5) is 0. The predicted molar refractivity (Wildman–Crippen MR) is 105 cm³/mol. The van der Waals surface area contributed by atoms with Gasteiger partial charge in [-0.3, -0.25) is 4.68 Å². The third kappa shape index (κ3) is 5.35. The van der Waals surface area contributed by atoms with E-state index in [0.717, 1.165) is 41.1 Å². The molecule has 0 saturated heterocycles. The molecule has 4 nitrogen and oxygen atoms in total. The van der Waals surface area contributed by atoms with Crippen LogP contribution in [0.5, 0.6) is 0 Å². The number of rotatable bonds is 5. The van der Waals surface area contributed by atoms with Crippen LogP contribution in [0, 0.1) is 13.8 Å². The van der Waals surface area contributed by atoms with Crippen molar-refractivity contribution >= 4 is 62.1 Å². The van der Waals surface area contributed by atoms with Crippen molar-refractivity contribution in [2.45, 2.75) is 26.8 Å². The van der Waals surface area contributed by atoms with Crippen LogP contribution in [0.4, 0.5) is 5.69 Å². The minimum absolute atomic E-state index is 0.540. The summed E-state index contributed by atoms with van der Waals surface area (Å²) >= 11 is 20.7. The number of aryl methyl sites for hydroxylation is 2. The van der Waals surface area contributed by atoms with Crippen molar-refractivity contribution in [2.24, 2.45) is 0 Å². The number of benzene rings is 1. The molecule has 0 spiro atoms. The maximum Gasteiger partial charge on any atom is 0.170 e. The van der Waals surface area contributed by atoms with Gasteiger partial charge in [0.2, 0.25) is 0 Å². The van der Waals surface area contributed by atoms with Crippen LogP contribution in [-0.4, -0.2) is 21.4 Å². The molecule has 0 aliphatic carbocycles. The summed E-state index contributed by atoms with van der Waals surface area (Å²) in [5.41, 5.74) is 2.91. The van der Waals surface area contributed by atoms with Crippen molar-refractivity contribution in [1.82, 2.24) is 15.1 Å². The van der Waals surface area contributed by atoms with Gasteiger partial charge >= 0.3 is 0 Å². The zero-order valence-corrected chi connectivity index (χ0v) is 16.7. The Morgan fingerprint density at radius 2 is 1.91 bits per heavy atom. The van der Waals surface area contributed by atoms with Crippen LogP contribution in [-0.2, 0) is 6.54 Å². The van der Waals surface area contributed by atoms with E-state index >= 15 is 0 Å². The first kappa shape index (κ1) is 18.5. The Morgan fingerprint density at radius 1 is 1.26 bits per heavy atom. The minimum atomic E-state index is 0.540. The molecule has 0 atom stereocenters. The van der Waals surface area contributed by atoms with E-state index in [0.29, 0.717) is 15.2 Å². The summed E-state index contributed by atoms with van der Waals surface area (Å²) in [7, 11) is 0. The van der Waals surface area contributed by atoms with E-state index in [-0.39, 0.29) is 0 Å². The first-order valence-electron chi connectivity index (χ1n) is 7.07. The van der Waals surface area contributed by atoms with Gasteiger partial charge in [-0.1, -0.05) is 23.2 Å². The number of halogens is 3. The molecule has 124 valence electrons. The third-order valence-electron chi connectivity index (χ3n) is 3.25. The molecule has 2 aromatic rings. The lowest BCUT2D eigenvalue weighted by molar-refractivity contribution is 0.558. The first-order chi connectivity index (χ1) is 10.9. The Hall–Kier alpha value is -0.820. The molecule has 23 heavy (non-hydrogen) atoms. The van der Waals surface area contributed by atoms with Gasteiger partial charge in [-0.25, -0.2) is 0 Å². The Kier molecular flexibility index (Phi) is 6.71. The molecule has 0 aliphatic heterocycles.